The maximum atomic E-state index is 12.0. The molecule has 1 aromatic carbocycles. The van der Waals surface area contributed by atoms with Gasteiger partial charge in [0.05, 0.1) is 9.95 Å². The predicted molar refractivity (Wildman–Crippen MR) is 76.7 cm³/mol. The number of nitrogens with one attached hydrogen (secondary N) is 2. The van der Waals surface area contributed by atoms with Crippen LogP contribution in [0.2, 0.25) is 5.02 Å². The molecule has 0 aliphatic rings. The first kappa shape index (κ1) is 16.7. The predicted octanol–water partition coefficient (Wildman–Crippen LogP) is 0.527. The Bertz CT molecular complexity index is 617. The van der Waals surface area contributed by atoms with Crippen LogP contribution in [0.5, 0.6) is 0 Å². The highest BCUT2D eigenvalue weighted by Gasteiger charge is 2.29. The summed E-state index contributed by atoms with van der Waals surface area (Å²) in [6, 6.07) is 2.18. The second-order valence-electron chi connectivity index (χ2n) is 4.70. The topological polar surface area (TPSA) is 153 Å². The van der Waals surface area contributed by atoms with Crippen molar-refractivity contribution in [3.63, 3.8) is 0 Å². The highest BCUT2D eigenvalue weighted by molar-refractivity contribution is 6.34. The first-order chi connectivity index (χ1) is 9.60. The number of nitrogens with two attached hydrogens (primary N) is 2. The van der Waals surface area contributed by atoms with E-state index in [1.54, 1.807) is 0 Å². The van der Waals surface area contributed by atoms with Crippen molar-refractivity contribution in [2.45, 2.75) is 19.4 Å². The zero-order valence-corrected chi connectivity index (χ0v) is 12.0. The summed E-state index contributed by atoms with van der Waals surface area (Å²) in [7, 11) is 0. The highest BCUT2D eigenvalue weighted by atomic mass is 35.5. The quantitative estimate of drug-likeness (QED) is 0.353. The molecule has 0 unspecified atom stereocenters. The molecule has 1 rings (SSSR count). The molecular weight excluding hydrogens is 302 g/mol. The van der Waals surface area contributed by atoms with E-state index in [-0.39, 0.29) is 16.3 Å². The van der Waals surface area contributed by atoms with Crippen molar-refractivity contribution in [3.8, 4) is 0 Å². The van der Waals surface area contributed by atoms with Crippen molar-refractivity contribution >= 4 is 34.8 Å². The zero-order chi connectivity index (χ0) is 16.4. The van der Waals surface area contributed by atoms with E-state index in [0.29, 0.717) is 0 Å². The maximum Gasteiger partial charge on any atom is 0.295 e. The van der Waals surface area contributed by atoms with Gasteiger partial charge in [-0.3, -0.25) is 25.5 Å². The first-order valence-corrected chi connectivity index (χ1v) is 6.05. The zero-order valence-electron chi connectivity index (χ0n) is 11.3. The Labute approximate surface area is 124 Å². The van der Waals surface area contributed by atoms with Crippen LogP contribution in [0.4, 0.5) is 11.4 Å². The third-order valence-corrected chi connectivity index (χ3v) is 3.01. The Morgan fingerprint density at radius 3 is 2.38 bits per heavy atom. The number of primary amides is 1. The van der Waals surface area contributed by atoms with E-state index in [1.165, 1.54) is 19.9 Å². The first-order valence-electron chi connectivity index (χ1n) is 5.67. The number of hydrogen-bond donors (Lipinski definition) is 4. The summed E-state index contributed by atoms with van der Waals surface area (Å²) in [5, 5.41) is 13.2. The Morgan fingerprint density at radius 2 is 1.95 bits per heavy atom. The number of halogens is 1. The number of anilines is 1. The van der Waals surface area contributed by atoms with E-state index in [4.69, 9.17) is 23.2 Å². The molecule has 21 heavy (non-hydrogen) atoms. The molecule has 10 heteroatoms. The fraction of sp³-hybridized carbons (Fsp3) is 0.273. The number of carbonyl (C=O) groups excluding carboxylic acids is 2. The summed E-state index contributed by atoms with van der Waals surface area (Å²) < 4.78 is 0. The molecule has 0 heterocycles. The normalized spacial score (nSPS) is 10.9. The smallest absolute Gasteiger partial charge is 0.295 e. The number of nitrogens with zero attached hydrogens (tertiary/aromatic N) is 1. The highest BCUT2D eigenvalue weighted by Crippen LogP contribution is 2.33. The fourth-order valence-electron chi connectivity index (χ4n) is 1.43. The van der Waals surface area contributed by atoms with Gasteiger partial charge in [0.2, 0.25) is 5.91 Å². The van der Waals surface area contributed by atoms with E-state index in [9.17, 15) is 19.7 Å². The SMILES string of the molecule is CC(C)(NC(=O)c1cc(Cl)c(NN)c([N+](=O)[O-])c1)C(N)=O. The molecule has 0 spiro atoms. The molecule has 0 saturated carbocycles. The lowest BCUT2D eigenvalue weighted by Crippen LogP contribution is -2.53. The number of amides is 2. The number of nitro benzene ring substituents is 1. The van der Waals surface area contributed by atoms with Crippen molar-refractivity contribution in [2.24, 2.45) is 11.6 Å². The number of nitro groups is 1. The molecule has 0 fully saturated rings. The molecule has 0 atom stereocenters. The molecule has 9 nitrogen and oxygen atoms in total. The van der Waals surface area contributed by atoms with E-state index in [1.807, 2.05) is 0 Å². The van der Waals surface area contributed by atoms with Crippen molar-refractivity contribution in [2.75, 3.05) is 5.43 Å². The molecule has 0 saturated heterocycles. The Kier molecular flexibility index (Phi) is 4.71. The van der Waals surface area contributed by atoms with Gasteiger partial charge >= 0.3 is 0 Å². The van der Waals surface area contributed by atoms with E-state index < -0.39 is 28.0 Å². The van der Waals surface area contributed by atoms with Gasteiger partial charge in [-0.15, -0.1) is 0 Å². The van der Waals surface area contributed by atoms with E-state index in [0.717, 1.165) is 6.07 Å². The lowest BCUT2D eigenvalue weighted by Gasteiger charge is -2.22. The minimum absolute atomic E-state index is 0.0972. The van der Waals surface area contributed by atoms with Crippen LogP contribution in [0.3, 0.4) is 0 Å². The Morgan fingerprint density at radius 1 is 1.38 bits per heavy atom. The molecule has 0 bridgehead atoms. The van der Waals surface area contributed by atoms with E-state index >= 15 is 0 Å². The average molecular weight is 316 g/mol. The molecule has 0 aliphatic heterocycles. The maximum absolute atomic E-state index is 12.0. The fourth-order valence-corrected chi connectivity index (χ4v) is 1.70. The summed E-state index contributed by atoms with van der Waals surface area (Å²) in [5.41, 5.74) is 5.24. The third kappa shape index (κ3) is 3.58. The second-order valence-corrected chi connectivity index (χ2v) is 5.10. The van der Waals surface area contributed by atoms with Gasteiger partial charge in [0.25, 0.3) is 11.6 Å². The van der Waals surface area contributed by atoms with Gasteiger partial charge in [-0.2, -0.15) is 0 Å². The van der Waals surface area contributed by atoms with Gasteiger partial charge in [-0.25, -0.2) is 0 Å². The molecule has 0 aliphatic carbocycles. The summed E-state index contributed by atoms with van der Waals surface area (Å²) in [5.74, 6) is 3.67. The van der Waals surface area contributed by atoms with Crippen LogP contribution in [0, 0.1) is 10.1 Å². The molecule has 0 aromatic heterocycles. The molecule has 2 amide bonds. The van der Waals surface area contributed by atoms with E-state index in [2.05, 4.69) is 10.7 Å². The van der Waals surface area contributed by atoms with Crippen LogP contribution < -0.4 is 22.3 Å². The monoisotopic (exact) mass is 315 g/mol. The summed E-state index contributed by atoms with van der Waals surface area (Å²) >= 11 is 5.84. The van der Waals surface area contributed by atoms with Crippen molar-refractivity contribution in [3.05, 3.63) is 32.8 Å². The van der Waals surface area contributed by atoms with Crippen LogP contribution in [0.15, 0.2) is 12.1 Å². The standard InChI is InChI=1S/C11H14ClN5O4/c1-11(2,10(13)19)15-9(18)5-3-6(12)8(16-14)7(4-5)17(20)21/h3-4,16H,14H2,1-2H3,(H2,13,19)(H,15,18). The minimum atomic E-state index is -1.32. The summed E-state index contributed by atoms with van der Waals surface area (Å²) in [4.78, 5) is 33.4. The molecule has 1 aromatic rings. The Hall–Kier alpha value is -2.39. The number of hydrazine groups is 1. The number of benzene rings is 1. The van der Waals surface area contributed by atoms with Gasteiger partial charge in [-0.1, -0.05) is 11.6 Å². The lowest BCUT2D eigenvalue weighted by atomic mass is 10.0. The second kappa shape index (κ2) is 5.94. The van der Waals surface area contributed by atoms with Crippen molar-refractivity contribution < 1.29 is 14.5 Å². The van der Waals surface area contributed by atoms with Crippen LogP contribution in [-0.4, -0.2) is 22.3 Å². The number of carbonyl (C=O) groups is 2. The number of rotatable bonds is 5. The lowest BCUT2D eigenvalue weighted by molar-refractivity contribution is -0.384. The van der Waals surface area contributed by atoms with Crippen molar-refractivity contribution in [1.82, 2.24) is 5.32 Å². The van der Waals surface area contributed by atoms with Gasteiger partial charge in [0, 0.05) is 11.6 Å². The van der Waals surface area contributed by atoms with Gasteiger partial charge in [-0.05, 0) is 19.9 Å². The van der Waals surface area contributed by atoms with Crippen molar-refractivity contribution in [1.29, 1.82) is 0 Å². The Balaban J connectivity index is 3.23. The summed E-state index contributed by atoms with van der Waals surface area (Å²) in [6.07, 6.45) is 0. The largest absolute Gasteiger partial charge is 0.368 e. The molecule has 0 radical (unpaired) electrons. The minimum Gasteiger partial charge on any atom is -0.368 e. The number of nitrogen functional groups attached to an aromatic ring is 1. The van der Waals surface area contributed by atoms with Crippen LogP contribution in [0.25, 0.3) is 0 Å². The van der Waals surface area contributed by atoms with Crippen LogP contribution >= 0.6 is 11.6 Å². The molecule has 6 N–H and O–H groups in total. The van der Waals surface area contributed by atoms with Gasteiger partial charge in [0.15, 0.2) is 0 Å². The van der Waals surface area contributed by atoms with Crippen LogP contribution in [0.1, 0.15) is 24.2 Å². The van der Waals surface area contributed by atoms with Gasteiger partial charge in [0.1, 0.15) is 11.2 Å². The number of hydrogen-bond acceptors (Lipinski definition) is 6. The molecular formula is C11H14ClN5O4. The van der Waals surface area contributed by atoms with Crippen LogP contribution in [-0.2, 0) is 4.79 Å². The van der Waals surface area contributed by atoms with Gasteiger partial charge < -0.3 is 16.5 Å². The summed E-state index contributed by atoms with van der Waals surface area (Å²) in [6.45, 7) is 2.80. The molecule has 114 valence electrons. The third-order valence-electron chi connectivity index (χ3n) is 2.71. The average Bonchev–Trinajstić information content (AvgIpc) is 2.36.